The van der Waals surface area contributed by atoms with Crippen molar-refractivity contribution < 1.29 is 19.4 Å². The van der Waals surface area contributed by atoms with E-state index < -0.39 is 17.7 Å². The first-order valence-electron chi connectivity index (χ1n) is 10.6. The number of amides is 1. The van der Waals surface area contributed by atoms with E-state index in [0.29, 0.717) is 12.2 Å². The number of hydrogen-bond donors (Lipinski definition) is 1. The van der Waals surface area contributed by atoms with E-state index in [2.05, 4.69) is 0 Å². The number of benzene rings is 3. The molecule has 0 radical (unpaired) electrons. The lowest BCUT2D eigenvalue weighted by molar-refractivity contribution is -0.130. The number of rotatable bonds is 8. The smallest absolute Gasteiger partial charge is 0.290 e. The zero-order valence-electron chi connectivity index (χ0n) is 17.9. The van der Waals surface area contributed by atoms with Crippen molar-refractivity contribution in [3.05, 3.63) is 113 Å². The van der Waals surface area contributed by atoms with Crippen LogP contribution in [0.5, 0.6) is 5.75 Å². The lowest BCUT2D eigenvalue weighted by Crippen LogP contribution is -2.30. The summed E-state index contributed by atoms with van der Waals surface area (Å²) in [4.78, 5) is 27.9. The van der Waals surface area contributed by atoms with Gasteiger partial charge in [0.15, 0.2) is 11.5 Å². The van der Waals surface area contributed by atoms with E-state index >= 15 is 0 Å². The molecule has 1 N–H and O–H groups in total. The van der Waals surface area contributed by atoms with Crippen LogP contribution < -0.4 is 4.74 Å². The summed E-state index contributed by atoms with van der Waals surface area (Å²) < 4.78 is 5.36. The van der Waals surface area contributed by atoms with Crippen molar-refractivity contribution in [3.63, 3.8) is 0 Å². The minimum atomic E-state index is -0.680. The largest absolute Gasteiger partial charge is 0.503 e. The van der Waals surface area contributed by atoms with Crippen LogP contribution in [0.3, 0.4) is 0 Å². The molecule has 1 heterocycles. The molecule has 0 aromatic heterocycles. The van der Waals surface area contributed by atoms with Crippen LogP contribution in [0, 0.1) is 0 Å². The highest BCUT2D eigenvalue weighted by molar-refractivity contribution is 6.09. The summed E-state index contributed by atoms with van der Waals surface area (Å²) in [5, 5.41) is 10.8. The van der Waals surface area contributed by atoms with Crippen LogP contribution in [0.2, 0.25) is 0 Å². The normalized spacial score (nSPS) is 15.8. The van der Waals surface area contributed by atoms with Crippen molar-refractivity contribution in [1.29, 1.82) is 0 Å². The topological polar surface area (TPSA) is 66.8 Å². The maximum atomic E-state index is 13.3. The van der Waals surface area contributed by atoms with Gasteiger partial charge in [-0.05, 0) is 35.2 Å². The maximum Gasteiger partial charge on any atom is 0.290 e. The monoisotopic (exact) mass is 427 g/mol. The number of aliphatic hydroxyl groups is 1. The van der Waals surface area contributed by atoms with Crippen molar-refractivity contribution in [2.24, 2.45) is 0 Å². The molecule has 4 rings (SSSR count). The third kappa shape index (κ3) is 4.42. The van der Waals surface area contributed by atoms with Crippen LogP contribution in [0.25, 0.3) is 0 Å². The van der Waals surface area contributed by atoms with Gasteiger partial charge in [0, 0.05) is 13.0 Å². The second kappa shape index (κ2) is 9.52. The molecule has 5 nitrogen and oxygen atoms in total. The molecule has 1 aliphatic rings. The van der Waals surface area contributed by atoms with Crippen LogP contribution in [0.1, 0.15) is 29.2 Å². The van der Waals surface area contributed by atoms with Crippen LogP contribution in [-0.2, 0) is 22.6 Å². The van der Waals surface area contributed by atoms with Crippen molar-refractivity contribution in [3.8, 4) is 5.75 Å². The number of Topliss-reactive ketones (excluding diaryl/α,β-unsaturated/α-hetero) is 1. The van der Waals surface area contributed by atoms with E-state index in [1.807, 2.05) is 78.9 Å². The zero-order valence-corrected chi connectivity index (χ0v) is 17.9. The first-order valence-corrected chi connectivity index (χ1v) is 10.6. The third-order valence-corrected chi connectivity index (χ3v) is 5.69. The number of aryl methyl sites for hydroxylation is 1. The predicted molar refractivity (Wildman–Crippen MR) is 122 cm³/mol. The van der Waals surface area contributed by atoms with Crippen LogP contribution in [0.4, 0.5) is 0 Å². The van der Waals surface area contributed by atoms with Crippen molar-refractivity contribution in [2.45, 2.75) is 25.4 Å². The molecule has 3 aromatic rings. The lowest BCUT2D eigenvalue weighted by Gasteiger charge is -2.27. The molecule has 0 saturated carbocycles. The molecular weight excluding hydrogens is 402 g/mol. The summed E-state index contributed by atoms with van der Waals surface area (Å²) >= 11 is 0. The van der Waals surface area contributed by atoms with Crippen LogP contribution >= 0.6 is 0 Å². The molecule has 0 bridgehead atoms. The Labute approximate surface area is 187 Å². The molecule has 1 aliphatic heterocycles. The van der Waals surface area contributed by atoms with Gasteiger partial charge >= 0.3 is 0 Å². The van der Waals surface area contributed by atoms with Gasteiger partial charge < -0.3 is 14.7 Å². The van der Waals surface area contributed by atoms with E-state index in [4.69, 9.17) is 4.74 Å². The Morgan fingerprint density at radius 1 is 0.938 bits per heavy atom. The second-order valence-corrected chi connectivity index (χ2v) is 7.77. The third-order valence-electron chi connectivity index (χ3n) is 5.69. The Morgan fingerprint density at radius 2 is 1.59 bits per heavy atom. The summed E-state index contributed by atoms with van der Waals surface area (Å²) in [7, 11) is 1.57. The Bertz CT molecular complexity index is 1140. The van der Waals surface area contributed by atoms with Gasteiger partial charge in [0.1, 0.15) is 5.75 Å². The first kappa shape index (κ1) is 21.4. The molecule has 3 aromatic carbocycles. The van der Waals surface area contributed by atoms with Crippen molar-refractivity contribution in [1.82, 2.24) is 4.90 Å². The molecule has 0 saturated heterocycles. The standard InChI is InChI=1S/C27H25NO4/c1-32-22-14-8-13-21(17-22)25-24(23(29)16-15-19-9-4-2-5-10-19)26(30)27(31)28(25)18-20-11-6-3-7-12-20/h2-14,17,25,30H,15-16,18H2,1H3. The minimum Gasteiger partial charge on any atom is -0.503 e. The summed E-state index contributed by atoms with van der Waals surface area (Å²) in [6.45, 7) is 0.279. The Hall–Kier alpha value is -3.86. The van der Waals surface area contributed by atoms with E-state index in [-0.39, 0.29) is 24.3 Å². The Morgan fingerprint density at radius 3 is 2.25 bits per heavy atom. The number of aliphatic hydroxyl groups excluding tert-OH is 1. The van der Waals surface area contributed by atoms with Crippen LogP contribution in [0.15, 0.2) is 96.3 Å². The molecule has 0 aliphatic carbocycles. The molecule has 1 amide bonds. The molecule has 0 spiro atoms. The average molecular weight is 428 g/mol. The molecule has 5 heteroatoms. The van der Waals surface area contributed by atoms with E-state index in [9.17, 15) is 14.7 Å². The highest BCUT2D eigenvalue weighted by Gasteiger charge is 2.43. The highest BCUT2D eigenvalue weighted by atomic mass is 16.5. The summed E-state index contributed by atoms with van der Waals surface area (Å²) in [6, 6.07) is 25.8. The van der Waals surface area contributed by atoms with Gasteiger partial charge in [-0.25, -0.2) is 0 Å². The van der Waals surface area contributed by atoms with Gasteiger partial charge in [-0.3, -0.25) is 9.59 Å². The van der Waals surface area contributed by atoms with E-state index in [1.54, 1.807) is 18.1 Å². The highest BCUT2D eigenvalue weighted by Crippen LogP contribution is 2.40. The summed E-state index contributed by atoms with van der Waals surface area (Å²) in [5.74, 6) is -0.614. The van der Waals surface area contributed by atoms with Crippen molar-refractivity contribution in [2.75, 3.05) is 7.11 Å². The Kier molecular flexibility index (Phi) is 6.36. The van der Waals surface area contributed by atoms with E-state index in [1.165, 1.54) is 0 Å². The molecule has 162 valence electrons. The van der Waals surface area contributed by atoms with Crippen molar-refractivity contribution >= 4 is 11.7 Å². The molecular formula is C27H25NO4. The van der Waals surface area contributed by atoms with Gasteiger partial charge in [0.25, 0.3) is 5.91 Å². The zero-order chi connectivity index (χ0) is 22.5. The van der Waals surface area contributed by atoms with Gasteiger partial charge in [-0.1, -0.05) is 72.8 Å². The Balaban J connectivity index is 1.68. The molecule has 32 heavy (non-hydrogen) atoms. The number of ketones is 1. The van der Waals surface area contributed by atoms with Gasteiger partial charge in [0.05, 0.1) is 18.7 Å². The van der Waals surface area contributed by atoms with Gasteiger partial charge in [0.2, 0.25) is 0 Å². The van der Waals surface area contributed by atoms with Gasteiger partial charge in [-0.15, -0.1) is 0 Å². The number of hydrogen-bond acceptors (Lipinski definition) is 4. The molecule has 1 atom stereocenters. The number of nitrogens with zero attached hydrogens (tertiary/aromatic N) is 1. The minimum absolute atomic E-state index is 0.148. The maximum absolute atomic E-state index is 13.3. The SMILES string of the molecule is COc1cccc(C2C(C(=O)CCc3ccccc3)=C(O)C(=O)N2Cc2ccccc2)c1. The lowest BCUT2D eigenvalue weighted by atomic mass is 9.93. The quantitative estimate of drug-likeness (QED) is 0.561. The average Bonchev–Trinajstić information content (AvgIpc) is 3.09. The number of carbonyl (C=O) groups excluding carboxylic acids is 2. The first-order chi connectivity index (χ1) is 15.6. The summed E-state index contributed by atoms with van der Waals surface area (Å²) in [5.41, 5.74) is 2.82. The number of methoxy groups -OCH3 is 1. The fourth-order valence-corrected chi connectivity index (χ4v) is 4.08. The van der Waals surface area contributed by atoms with Crippen LogP contribution in [-0.4, -0.2) is 28.8 Å². The fraction of sp³-hybridized carbons (Fsp3) is 0.185. The molecule has 0 fully saturated rings. The molecule has 1 unspecified atom stereocenters. The summed E-state index contributed by atoms with van der Waals surface area (Å²) in [6.07, 6.45) is 0.741. The number of ether oxygens (including phenoxy) is 1. The second-order valence-electron chi connectivity index (χ2n) is 7.77. The fourth-order valence-electron chi connectivity index (χ4n) is 4.08. The van der Waals surface area contributed by atoms with E-state index in [0.717, 1.165) is 16.7 Å². The van der Waals surface area contributed by atoms with Gasteiger partial charge in [-0.2, -0.15) is 0 Å². The number of carbonyl (C=O) groups is 2. The predicted octanol–water partition coefficient (Wildman–Crippen LogP) is 4.79.